The van der Waals surface area contributed by atoms with Gasteiger partial charge in [-0.1, -0.05) is 26.7 Å². The maximum atomic E-state index is 10.9. The first-order chi connectivity index (χ1) is 6.35. The maximum Gasteiger partial charge on any atom is 0.232 e. The normalized spacial score (nSPS) is 13.1. The minimum absolute atomic E-state index is 0.0657. The molecule has 1 atom stereocenters. The summed E-state index contributed by atoms with van der Waals surface area (Å²) in [7, 11) is 0. The third-order valence-electron chi connectivity index (χ3n) is 1.65. The fourth-order valence-electron chi connectivity index (χ4n) is 1.17. The second kappa shape index (κ2) is 5.66. The Bertz CT molecular complexity index is 222. The van der Waals surface area contributed by atoms with Crippen LogP contribution in [0.4, 0.5) is 0 Å². The molecule has 0 aromatic carbocycles. The van der Waals surface area contributed by atoms with E-state index in [0.29, 0.717) is 6.42 Å². The molecule has 0 aromatic heterocycles. The van der Waals surface area contributed by atoms with Crippen LogP contribution in [0.5, 0.6) is 0 Å². The molecular formula is C11H19NO2. The van der Waals surface area contributed by atoms with Gasteiger partial charge in [0.1, 0.15) is 0 Å². The Labute approximate surface area is 85.9 Å². The summed E-state index contributed by atoms with van der Waals surface area (Å²) >= 11 is 0. The SMILES string of the molecule is C#CCC(=O)NCC(O)CC(C)(C)C. The lowest BCUT2D eigenvalue weighted by Crippen LogP contribution is -2.33. The largest absolute Gasteiger partial charge is 0.391 e. The minimum atomic E-state index is -0.503. The van der Waals surface area contributed by atoms with Crippen molar-refractivity contribution < 1.29 is 9.90 Å². The van der Waals surface area contributed by atoms with Crippen molar-refractivity contribution >= 4 is 5.91 Å². The number of aliphatic hydroxyl groups is 1. The first-order valence-corrected chi connectivity index (χ1v) is 4.73. The van der Waals surface area contributed by atoms with Gasteiger partial charge in [0.2, 0.25) is 5.91 Å². The zero-order chi connectivity index (χ0) is 11.2. The van der Waals surface area contributed by atoms with Crippen molar-refractivity contribution in [1.29, 1.82) is 0 Å². The number of aliphatic hydroxyl groups excluding tert-OH is 1. The highest BCUT2D eigenvalue weighted by Crippen LogP contribution is 2.20. The van der Waals surface area contributed by atoms with Gasteiger partial charge < -0.3 is 10.4 Å². The van der Waals surface area contributed by atoms with Gasteiger partial charge >= 0.3 is 0 Å². The van der Waals surface area contributed by atoms with Gasteiger partial charge in [0.05, 0.1) is 12.5 Å². The van der Waals surface area contributed by atoms with E-state index >= 15 is 0 Å². The molecule has 3 nitrogen and oxygen atoms in total. The fraction of sp³-hybridized carbons (Fsp3) is 0.727. The van der Waals surface area contributed by atoms with E-state index in [1.807, 2.05) is 20.8 Å². The highest BCUT2D eigenvalue weighted by Gasteiger charge is 2.16. The van der Waals surface area contributed by atoms with E-state index in [9.17, 15) is 9.90 Å². The number of hydrogen-bond donors (Lipinski definition) is 2. The van der Waals surface area contributed by atoms with E-state index in [1.54, 1.807) is 0 Å². The number of hydrogen-bond acceptors (Lipinski definition) is 2. The standard InChI is InChI=1S/C11H19NO2/c1-5-6-10(14)12-8-9(13)7-11(2,3)4/h1,9,13H,6-8H2,2-4H3,(H,12,14). The number of carbonyl (C=O) groups excluding carboxylic acids is 1. The van der Waals surface area contributed by atoms with Crippen LogP contribution < -0.4 is 5.32 Å². The number of nitrogens with one attached hydrogen (secondary N) is 1. The summed E-state index contributed by atoms with van der Waals surface area (Å²) in [6, 6.07) is 0. The highest BCUT2D eigenvalue weighted by molar-refractivity contribution is 5.78. The molecule has 0 spiro atoms. The number of rotatable bonds is 4. The molecule has 0 rings (SSSR count). The van der Waals surface area contributed by atoms with Crippen LogP contribution in [-0.2, 0) is 4.79 Å². The number of terminal acetylenes is 1. The van der Waals surface area contributed by atoms with E-state index < -0.39 is 6.10 Å². The summed E-state index contributed by atoms with van der Waals surface area (Å²) in [5.41, 5.74) is 0.0657. The summed E-state index contributed by atoms with van der Waals surface area (Å²) < 4.78 is 0. The fourth-order valence-corrected chi connectivity index (χ4v) is 1.17. The molecule has 14 heavy (non-hydrogen) atoms. The molecule has 0 bridgehead atoms. The van der Waals surface area contributed by atoms with E-state index in [4.69, 9.17) is 6.42 Å². The van der Waals surface area contributed by atoms with Gasteiger partial charge in [-0.05, 0) is 11.8 Å². The third kappa shape index (κ3) is 7.63. The Balaban J connectivity index is 3.70. The zero-order valence-corrected chi connectivity index (χ0v) is 9.13. The molecule has 0 radical (unpaired) electrons. The molecule has 0 fully saturated rings. The summed E-state index contributed by atoms with van der Waals surface area (Å²) in [5, 5.41) is 12.1. The van der Waals surface area contributed by atoms with Crippen molar-refractivity contribution in [2.75, 3.05) is 6.54 Å². The molecule has 0 aliphatic heterocycles. The molecule has 0 aliphatic rings. The van der Waals surface area contributed by atoms with Gasteiger partial charge in [-0.3, -0.25) is 4.79 Å². The highest BCUT2D eigenvalue weighted by atomic mass is 16.3. The van der Waals surface area contributed by atoms with Crippen LogP contribution in [0.15, 0.2) is 0 Å². The average molecular weight is 197 g/mol. The lowest BCUT2D eigenvalue weighted by molar-refractivity contribution is -0.120. The summed E-state index contributed by atoms with van der Waals surface area (Å²) in [6.07, 6.45) is 5.19. The third-order valence-corrected chi connectivity index (χ3v) is 1.65. The van der Waals surface area contributed by atoms with E-state index in [2.05, 4.69) is 11.2 Å². The van der Waals surface area contributed by atoms with Gasteiger partial charge in [0.25, 0.3) is 0 Å². The second-order valence-corrected chi connectivity index (χ2v) is 4.60. The van der Waals surface area contributed by atoms with Crippen molar-refractivity contribution in [3.05, 3.63) is 0 Å². The van der Waals surface area contributed by atoms with Crippen LogP contribution >= 0.6 is 0 Å². The van der Waals surface area contributed by atoms with Crippen molar-refractivity contribution in [2.24, 2.45) is 5.41 Å². The summed E-state index contributed by atoms with van der Waals surface area (Å²) in [4.78, 5) is 10.9. The van der Waals surface area contributed by atoms with Crippen LogP contribution in [0, 0.1) is 17.8 Å². The molecule has 0 aromatic rings. The van der Waals surface area contributed by atoms with Gasteiger partial charge in [-0.15, -0.1) is 6.42 Å². The molecule has 1 unspecified atom stereocenters. The Hall–Kier alpha value is -1.01. The second-order valence-electron chi connectivity index (χ2n) is 4.60. The Morgan fingerprint density at radius 3 is 2.57 bits per heavy atom. The van der Waals surface area contributed by atoms with Crippen LogP contribution in [0.25, 0.3) is 0 Å². The monoisotopic (exact) mass is 197 g/mol. The molecule has 80 valence electrons. The van der Waals surface area contributed by atoms with Crippen LogP contribution in [0.1, 0.15) is 33.6 Å². The molecule has 2 N–H and O–H groups in total. The Morgan fingerprint density at radius 1 is 1.57 bits per heavy atom. The van der Waals surface area contributed by atoms with E-state index in [0.717, 1.165) is 0 Å². The molecule has 0 heterocycles. The van der Waals surface area contributed by atoms with Crippen LogP contribution in [0.2, 0.25) is 0 Å². The van der Waals surface area contributed by atoms with Crippen molar-refractivity contribution in [2.45, 2.75) is 39.7 Å². The predicted molar refractivity (Wildman–Crippen MR) is 56.5 cm³/mol. The van der Waals surface area contributed by atoms with Crippen molar-refractivity contribution in [3.8, 4) is 12.3 Å². The lowest BCUT2D eigenvalue weighted by Gasteiger charge is -2.22. The quantitative estimate of drug-likeness (QED) is 0.658. The van der Waals surface area contributed by atoms with Crippen molar-refractivity contribution in [1.82, 2.24) is 5.32 Å². The van der Waals surface area contributed by atoms with E-state index in [-0.39, 0.29) is 24.3 Å². The summed E-state index contributed by atoms with van der Waals surface area (Å²) in [5.74, 6) is 2.04. The number of amides is 1. The predicted octanol–water partition coefficient (Wildman–Crippen LogP) is 0.923. The van der Waals surface area contributed by atoms with Gasteiger partial charge in [0, 0.05) is 6.54 Å². The molecule has 0 aliphatic carbocycles. The average Bonchev–Trinajstić information content (AvgIpc) is 1.98. The van der Waals surface area contributed by atoms with Crippen LogP contribution in [-0.4, -0.2) is 23.7 Å². The molecule has 0 saturated heterocycles. The lowest BCUT2D eigenvalue weighted by atomic mass is 9.89. The smallest absolute Gasteiger partial charge is 0.232 e. The van der Waals surface area contributed by atoms with Gasteiger partial charge in [0.15, 0.2) is 0 Å². The summed E-state index contributed by atoms with van der Waals surface area (Å²) in [6.45, 7) is 6.40. The minimum Gasteiger partial charge on any atom is -0.391 e. The molecule has 1 amide bonds. The van der Waals surface area contributed by atoms with Crippen molar-refractivity contribution in [3.63, 3.8) is 0 Å². The van der Waals surface area contributed by atoms with E-state index in [1.165, 1.54) is 0 Å². The van der Waals surface area contributed by atoms with Gasteiger partial charge in [-0.2, -0.15) is 0 Å². The Kier molecular flexibility index (Phi) is 5.26. The topological polar surface area (TPSA) is 49.3 Å². The zero-order valence-electron chi connectivity index (χ0n) is 9.13. The molecule has 3 heteroatoms. The molecule has 0 saturated carbocycles. The number of carbonyl (C=O) groups is 1. The first-order valence-electron chi connectivity index (χ1n) is 4.73. The molecular weight excluding hydrogens is 178 g/mol. The first kappa shape index (κ1) is 13.0. The van der Waals surface area contributed by atoms with Crippen LogP contribution in [0.3, 0.4) is 0 Å². The van der Waals surface area contributed by atoms with Gasteiger partial charge in [-0.25, -0.2) is 0 Å². The Morgan fingerprint density at radius 2 is 2.14 bits per heavy atom. The maximum absolute atomic E-state index is 10.9.